The highest BCUT2D eigenvalue weighted by Gasteiger charge is 2.16. The number of aliphatic carboxylic acids is 1. The van der Waals surface area contributed by atoms with Crippen molar-refractivity contribution in [1.29, 1.82) is 0 Å². The Morgan fingerprint density at radius 3 is 2.55 bits per heavy atom. The van der Waals surface area contributed by atoms with Crippen LogP contribution < -0.4 is 5.32 Å². The Morgan fingerprint density at radius 1 is 1.05 bits per heavy atom. The summed E-state index contributed by atoms with van der Waals surface area (Å²) in [5.74, 6) is -0.732. The molecule has 1 rings (SSSR count). The Hall–Kier alpha value is -1.30. The number of carboxylic acid groups (broad SMARTS) is 1. The van der Waals surface area contributed by atoms with Crippen molar-refractivity contribution in [3.8, 4) is 0 Å². The second kappa shape index (κ2) is 9.58. The van der Waals surface area contributed by atoms with Gasteiger partial charge in [-0.3, -0.25) is 4.79 Å². The average Bonchev–Trinajstić information content (AvgIpc) is 2.62. The van der Waals surface area contributed by atoms with Crippen LogP contribution in [0, 0.1) is 0 Å². The van der Waals surface area contributed by atoms with Crippen LogP contribution in [-0.4, -0.2) is 66.7 Å². The Balaban J connectivity index is 2.03. The second-order valence-electron chi connectivity index (χ2n) is 5.43. The number of nitrogens with zero attached hydrogens (tertiary/aromatic N) is 2. The number of amides is 2. The molecule has 0 aromatic rings. The first-order valence-corrected chi connectivity index (χ1v) is 7.52. The summed E-state index contributed by atoms with van der Waals surface area (Å²) in [5, 5.41) is 11.5. The lowest BCUT2D eigenvalue weighted by Crippen LogP contribution is -2.42. The summed E-state index contributed by atoms with van der Waals surface area (Å²) in [6.07, 6.45) is 4.79. The van der Waals surface area contributed by atoms with Gasteiger partial charge in [-0.15, -0.1) is 0 Å². The van der Waals surface area contributed by atoms with Crippen molar-refractivity contribution < 1.29 is 14.7 Å². The molecule has 2 amide bonds. The molecule has 0 aromatic heterocycles. The first-order chi connectivity index (χ1) is 9.59. The number of carbonyl (C=O) groups is 2. The van der Waals surface area contributed by atoms with E-state index in [9.17, 15) is 9.59 Å². The minimum absolute atomic E-state index is 0.0332. The highest BCUT2D eigenvalue weighted by atomic mass is 16.4. The molecule has 20 heavy (non-hydrogen) atoms. The number of unbranched alkanes of at least 4 members (excludes halogenated alkanes) is 3. The molecule has 6 heteroatoms. The number of carbonyl (C=O) groups excluding carboxylic acids is 1. The first-order valence-electron chi connectivity index (χ1n) is 7.52. The van der Waals surface area contributed by atoms with Gasteiger partial charge >= 0.3 is 12.0 Å². The third-order valence-corrected chi connectivity index (χ3v) is 3.60. The summed E-state index contributed by atoms with van der Waals surface area (Å²) >= 11 is 0. The zero-order valence-electron chi connectivity index (χ0n) is 12.4. The molecule has 0 aliphatic carbocycles. The molecule has 0 bridgehead atoms. The van der Waals surface area contributed by atoms with Gasteiger partial charge in [0.1, 0.15) is 0 Å². The number of nitrogens with one attached hydrogen (secondary N) is 1. The number of hydrogen-bond donors (Lipinski definition) is 2. The van der Waals surface area contributed by atoms with Gasteiger partial charge in [0.2, 0.25) is 0 Å². The van der Waals surface area contributed by atoms with E-state index in [4.69, 9.17) is 5.11 Å². The van der Waals surface area contributed by atoms with Crippen LogP contribution in [0.15, 0.2) is 0 Å². The van der Waals surface area contributed by atoms with E-state index in [1.165, 1.54) is 0 Å². The van der Waals surface area contributed by atoms with Gasteiger partial charge < -0.3 is 20.2 Å². The Bertz CT molecular complexity index is 310. The third-order valence-electron chi connectivity index (χ3n) is 3.60. The Kier molecular flexibility index (Phi) is 8.02. The minimum atomic E-state index is -0.732. The molecule has 0 unspecified atom stereocenters. The maximum atomic E-state index is 12.0. The Labute approximate surface area is 121 Å². The third kappa shape index (κ3) is 7.33. The number of carboxylic acids is 1. The van der Waals surface area contributed by atoms with Crippen LogP contribution in [-0.2, 0) is 4.79 Å². The van der Waals surface area contributed by atoms with E-state index in [2.05, 4.69) is 17.3 Å². The van der Waals surface area contributed by atoms with Crippen LogP contribution in [0.5, 0.6) is 0 Å². The highest BCUT2D eigenvalue weighted by molar-refractivity contribution is 5.74. The van der Waals surface area contributed by atoms with Gasteiger partial charge in [-0.05, 0) is 32.9 Å². The zero-order chi connectivity index (χ0) is 14.8. The van der Waals surface area contributed by atoms with Crippen molar-refractivity contribution in [3.05, 3.63) is 0 Å². The van der Waals surface area contributed by atoms with Gasteiger partial charge in [-0.1, -0.05) is 12.8 Å². The van der Waals surface area contributed by atoms with Crippen molar-refractivity contribution in [2.75, 3.05) is 39.8 Å². The maximum absolute atomic E-state index is 12.0. The molecule has 1 fully saturated rings. The van der Waals surface area contributed by atoms with Gasteiger partial charge in [0.15, 0.2) is 0 Å². The van der Waals surface area contributed by atoms with Gasteiger partial charge in [0, 0.05) is 32.6 Å². The summed E-state index contributed by atoms with van der Waals surface area (Å²) in [4.78, 5) is 26.4. The zero-order valence-corrected chi connectivity index (χ0v) is 12.4. The fourth-order valence-electron chi connectivity index (χ4n) is 2.31. The summed E-state index contributed by atoms with van der Waals surface area (Å²) in [5.41, 5.74) is 0. The molecule has 0 radical (unpaired) electrons. The van der Waals surface area contributed by atoms with E-state index in [0.29, 0.717) is 6.54 Å². The van der Waals surface area contributed by atoms with E-state index < -0.39 is 5.97 Å². The normalized spacial score (nSPS) is 16.8. The van der Waals surface area contributed by atoms with Crippen molar-refractivity contribution in [3.63, 3.8) is 0 Å². The molecule has 0 atom stereocenters. The molecule has 1 heterocycles. The molecule has 2 N–H and O–H groups in total. The molecular formula is C14H27N3O3. The molecule has 1 saturated heterocycles. The van der Waals surface area contributed by atoms with Crippen LogP contribution in [0.1, 0.15) is 38.5 Å². The Morgan fingerprint density at radius 2 is 1.80 bits per heavy atom. The van der Waals surface area contributed by atoms with Crippen LogP contribution in [0.3, 0.4) is 0 Å². The molecular weight excluding hydrogens is 258 g/mol. The summed E-state index contributed by atoms with van der Waals surface area (Å²) in [7, 11) is 2.08. The maximum Gasteiger partial charge on any atom is 0.317 e. The molecule has 6 nitrogen and oxygen atoms in total. The lowest BCUT2D eigenvalue weighted by molar-refractivity contribution is -0.137. The van der Waals surface area contributed by atoms with Crippen LogP contribution in [0.4, 0.5) is 4.79 Å². The SMILES string of the molecule is CN1CCCN(C(=O)NCCCCCCC(=O)O)CC1. The lowest BCUT2D eigenvalue weighted by atomic mass is 10.1. The first kappa shape index (κ1) is 16.8. The molecule has 0 saturated carbocycles. The quantitative estimate of drug-likeness (QED) is 0.693. The van der Waals surface area contributed by atoms with Gasteiger partial charge in [0.05, 0.1) is 0 Å². The molecule has 0 spiro atoms. The average molecular weight is 285 g/mol. The van der Waals surface area contributed by atoms with Crippen molar-refractivity contribution >= 4 is 12.0 Å². The lowest BCUT2D eigenvalue weighted by Gasteiger charge is -2.21. The number of rotatable bonds is 7. The van der Waals surface area contributed by atoms with Gasteiger partial charge in [-0.2, -0.15) is 0 Å². The monoisotopic (exact) mass is 285 g/mol. The molecule has 1 aliphatic heterocycles. The fourth-order valence-corrected chi connectivity index (χ4v) is 2.31. The van der Waals surface area contributed by atoms with Gasteiger partial charge in [0.25, 0.3) is 0 Å². The van der Waals surface area contributed by atoms with Crippen molar-refractivity contribution in [2.45, 2.75) is 38.5 Å². The minimum Gasteiger partial charge on any atom is -0.481 e. The second-order valence-corrected chi connectivity index (χ2v) is 5.43. The molecule has 116 valence electrons. The fraction of sp³-hybridized carbons (Fsp3) is 0.857. The molecule has 0 aromatic carbocycles. The predicted molar refractivity (Wildman–Crippen MR) is 77.8 cm³/mol. The number of urea groups is 1. The van der Waals surface area contributed by atoms with E-state index in [-0.39, 0.29) is 12.5 Å². The van der Waals surface area contributed by atoms with Crippen LogP contribution in [0.2, 0.25) is 0 Å². The highest BCUT2D eigenvalue weighted by Crippen LogP contribution is 2.03. The number of hydrogen-bond acceptors (Lipinski definition) is 3. The summed E-state index contributed by atoms with van der Waals surface area (Å²) < 4.78 is 0. The van der Waals surface area contributed by atoms with Crippen LogP contribution in [0.25, 0.3) is 0 Å². The van der Waals surface area contributed by atoms with Gasteiger partial charge in [-0.25, -0.2) is 4.79 Å². The smallest absolute Gasteiger partial charge is 0.317 e. The predicted octanol–water partition coefficient (Wildman–Crippen LogP) is 1.37. The van der Waals surface area contributed by atoms with E-state index >= 15 is 0 Å². The summed E-state index contributed by atoms with van der Waals surface area (Å²) in [6.45, 7) is 4.28. The summed E-state index contributed by atoms with van der Waals surface area (Å²) in [6, 6.07) is 0.0332. The number of likely N-dealkylation sites (N-methyl/N-ethyl adjacent to an activating group) is 1. The van der Waals surface area contributed by atoms with E-state index in [1.54, 1.807) is 0 Å². The van der Waals surface area contributed by atoms with Crippen molar-refractivity contribution in [2.24, 2.45) is 0 Å². The molecule has 1 aliphatic rings. The topological polar surface area (TPSA) is 72.9 Å². The van der Waals surface area contributed by atoms with E-state index in [0.717, 1.165) is 58.3 Å². The van der Waals surface area contributed by atoms with Crippen LogP contribution >= 0.6 is 0 Å². The largest absolute Gasteiger partial charge is 0.481 e. The standard InChI is InChI=1S/C14H27N3O3/c1-16-9-6-10-17(12-11-16)14(20)15-8-5-3-2-4-7-13(18)19/h2-12H2,1H3,(H,15,20)(H,18,19). The van der Waals surface area contributed by atoms with Crippen molar-refractivity contribution in [1.82, 2.24) is 15.1 Å². The van der Waals surface area contributed by atoms with E-state index in [1.807, 2.05) is 4.90 Å².